The Morgan fingerprint density at radius 2 is 2.15 bits per heavy atom. The van der Waals surface area contributed by atoms with Gasteiger partial charge in [0.2, 0.25) is 5.91 Å². The van der Waals surface area contributed by atoms with Crippen molar-refractivity contribution >= 4 is 11.6 Å². The molecule has 4 heterocycles. The monoisotopic (exact) mass is 362 g/mol. The number of hydrogen-bond acceptors (Lipinski definition) is 4. The van der Waals surface area contributed by atoms with Crippen LogP contribution in [0.3, 0.4) is 0 Å². The summed E-state index contributed by atoms with van der Waals surface area (Å²) in [6.07, 6.45) is 5.40. The Labute approximate surface area is 157 Å². The lowest BCUT2D eigenvalue weighted by Crippen LogP contribution is -2.42. The molecule has 2 aromatic heterocycles. The van der Waals surface area contributed by atoms with Crippen LogP contribution in [0.4, 0.5) is 0 Å². The zero-order valence-corrected chi connectivity index (χ0v) is 15.6. The zero-order chi connectivity index (χ0) is 18.5. The minimum Gasteiger partial charge on any atom is -0.496 e. The third-order valence-corrected chi connectivity index (χ3v) is 5.88. The summed E-state index contributed by atoms with van der Waals surface area (Å²) in [5.41, 5.74) is 4.99. The summed E-state index contributed by atoms with van der Waals surface area (Å²) in [4.78, 5) is 19.2. The van der Waals surface area contributed by atoms with Crippen molar-refractivity contribution in [1.82, 2.24) is 19.5 Å². The first kappa shape index (κ1) is 16.3. The Morgan fingerprint density at radius 1 is 1.30 bits per heavy atom. The van der Waals surface area contributed by atoms with E-state index in [1.807, 2.05) is 48.0 Å². The lowest BCUT2D eigenvalue weighted by Gasteiger charge is -2.36. The maximum Gasteiger partial charge on any atom is 0.223 e. The van der Waals surface area contributed by atoms with Crippen molar-refractivity contribution < 1.29 is 9.53 Å². The predicted molar refractivity (Wildman–Crippen MR) is 102 cm³/mol. The molecule has 1 aromatic carbocycles. The zero-order valence-electron chi connectivity index (χ0n) is 15.6. The number of benzene rings is 1. The van der Waals surface area contributed by atoms with Gasteiger partial charge in [0.1, 0.15) is 5.75 Å². The van der Waals surface area contributed by atoms with Gasteiger partial charge in [0.05, 0.1) is 24.5 Å². The second kappa shape index (κ2) is 6.08. The van der Waals surface area contributed by atoms with E-state index in [1.165, 1.54) is 5.69 Å². The second-order valence-corrected chi connectivity index (χ2v) is 7.27. The van der Waals surface area contributed by atoms with E-state index in [0.717, 1.165) is 47.5 Å². The van der Waals surface area contributed by atoms with Crippen LogP contribution in [0.5, 0.6) is 5.75 Å². The summed E-state index contributed by atoms with van der Waals surface area (Å²) in [5, 5.41) is 4.86. The number of ether oxygens (including phenoxy) is 1. The smallest absolute Gasteiger partial charge is 0.223 e. The fraction of sp³-hybridized carbons (Fsp3) is 0.381. The molecule has 1 fully saturated rings. The highest BCUT2D eigenvalue weighted by atomic mass is 16.5. The molecule has 3 aromatic rings. The Hall–Kier alpha value is -2.89. The summed E-state index contributed by atoms with van der Waals surface area (Å²) in [5.74, 6) is 1.04. The maximum absolute atomic E-state index is 12.4. The van der Waals surface area contributed by atoms with Gasteiger partial charge in [-0.2, -0.15) is 5.10 Å². The topological polar surface area (TPSA) is 59.7 Å². The number of fused-ring (bicyclic) bond motifs is 6. The predicted octanol–water partition coefficient (Wildman–Crippen LogP) is 3.40. The van der Waals surface area contributed by atoms with E-state index in [9.17, 15) is 4.79 Å². The fourth-order valence-corrected chi connectivity index (χ4v) is 4.64. The minimum absolute atomic E-state index is 0.141. The number of aromatic nitrogens is 3. The van der Waals surface area contributed by atoms with Crippen molar-refractivity contribution in [2.24, 2.45) is 0 Å². The van der Waals surface area contributed by atoms with Crippen molar-refractivity contribution in [3.8, 4) is 17.0 Å². The van der Waals surface area contributed by atoms with Gasteiger partial charge in [0.25, 0.3) is 0 Å². The maximum atomic E-state index is 12.4. The van der Waals surface area contributed by atoms with E-state index in [1.54, 1.807) is 7.11 Å². The highest BCUT2D eigenvalue weighted by Crippen LogP contribution is 2.44. The average Bonchev–Trinajstić information content (AvgIpc) is 3.28. The van der Waals surface area contributed by atoms with Gasteiger partial charge >= 0.3 is 0 Å². The second-order valence-electron chi connectivity index (χ2n) is 7.27. The number of amides is 1. The van der Waals surface area contributed by atoms with Crippen LogP contribution in [0.2, 0.25) is 0 Å². The first-order valence-corrected chi connectivity index (χ1v) is 9.53. The van der Waals surface area contributed by atoms with E-state index in [4.69, 9.17) is 9.84 Å². The van der Waals surface area contributed by atoms with E-state index in [2.05, 4.69) is 9.88 Å². The van der Waals surface area contributed by atoms with Crippen molar-refractivity contribution in [3.63, 3.8) is 0 Å². The van der Waals surface area contributed by atoms with Crippen LogP contribution >= 0.6 is 0 Å². The molecule has 2 atom stereocenters. The van der Waals surface area contributed by atoms with E-state index >= 15 is 0 Å². The number of rotatable bonds is 3. The molecular weight excluding hydrogens is 340 g/mol. The summed E-state index contributed by atoms with van der Waals surface area (Å²) in [6, 6.07) is 10.3. The normalized spacial score (nSPS) is 20.7. The van der Waals surface area contributed by atoms with Crippen LogP contribution in [0.1, 0.15) is 43.5 Å². The number of methoxy groups -OCH3 is 1. The molecule has 2 bridgehead atoms. The molecule has 0 radical (unpaired) electrons. The lowest BCUT2D eigenvalue weighted by atomic mass is 9.99. The van der Waals surface area contributed by atoms with E-state index < -0.39 is 0 Å². The Bertz CT molecular complexity index is 1040. The molecule has 0 saturated carbocycles. The summed E-state index contributed by atoms with van der Waals surface area (Å²) in [7, 11) is 1.67. The third-order valence-electron chi connectivity index (χ3n) is 5.88. The highest BCUT2D eigenvalue weighted by molar-refractivity contribution is 5.78. The minimum atomic E-state index is 0.141. The number of para-hydroxylation sites is 1. The molecule has 0 N–H and O–H groups in total. The molecule has 2 aliphatic rings. The molecule has 138 valence electrons. The third kappa shape index (κ3) is 2.36. The van der Waals surface area contributed by atoms with Crippen LogP contribution < -0.4 is 4.74 Å². The number of carbonyl (C=O) groups is 1. The highest BCUT2D eigenvalue weighted by Gasteiger charge is 2.43. The van der Waals surface area contributed by atoms with Crippen LogP contribution in [0, 0.1) is 0 Å². The van der Waals surface area contributed by atoms with Gasteiger partial charge in [-0.25, -0.2) is 9.50 Å². The average molecular weight is 362 g/mol. The molecule has 0 spiro atoms. The molecule has 0 aliphatic carbocycles. The molecule has 1 amide bonds. The quantitative estimate of drug-likeness (QED) is 0.716. The van der Waals surface area contributed by atoms with Crippen LogP contribution in [-0.2, 0) is 11.2 Å². The van der Waals surface area contributed by atoms with Crippen molar-refractivity contribution in [2.75, 3.05) is 7.11 Å². The molecule has 0 unspecified atom stereocenters. The summed E-state index contributed by atoms with van der Waals surface area (Å²) in [6.45, 7) is 1.94. The molecule has 27 heavy (non-hydrogen) atoms. The Kier molecular flexibility index (Phi) is 3.67. The fourth-order valence-electron chi connectivity index (χ4n) is 4.64. The van der Waals surface area contributed by atoms with Gasteiger partial charge in [-0.05, 0) is 25.0 Å². The molecule has 6 nitrogen and oxygen atoms in total. The van der Waals surface area contributed by atoms with Crippen LogP contribution in [0.25, 0.3) is 16.9 Å². The SMILES string of the molecule is CCC(=O)N1[C@H]2CC[C@@H]1c1cnc3cc(-c4ccccc4OC)nn3c1C2. The molecule has 1 saturated heterocycles. The summed E-state index contributed by atoms with van der Waals surface area (Å²) >= 11 is 0. The van der Waals surface area contributed by atoms with Gasteiger partial charge in [-0.15, -0.1) is 0 Å². The molecular formula is C21H22N4O2. The largest absolute Gasteiger partial charge is 0.496 e. The standard InChI is InChI=1S/C21H22N4O2/c1-3-21(26)24-13-8-9-17(24)15-12-22-20-11-16(23-25(20)18(15)10-13)14-6-4-5-7-19(14)27-2/h4-7,11-13,17H,3,8-10H2,1-2H3/t13-,17+/m0/s1. The van der Waals surface area contributed by atoms with Gasteiger partial charge < -0.3 is 9.64 Å². The number of hydrogen-bond donors (Lipinski definition) is 0. The van der Waals surface area contributed by atoms with Gasteiger partial charge in [0.15, 0.2) is 5.65 Å². The molecule has 6 heteroatoms. The summed E-state index contributed by atoms with van der Waals surface area (Å²) < 4.78 is 7.46. The molecule has 5 rings (SSSR count). The number of carbonyl (C=O) groups excluding carboxylic acids is 1. The van der Waals surface area contributed by atoms with Crippen LogP contribution in [0.15, 0.2) is 36.5 Å². The lowest BCUT2D eigenvalue weighted by molar-refractivity contribution is -0.134. The van der Waals surface area contributed by atoms with E-state index in [-0.39, 0.29) is 18.0 Å². The first-order valence-electron chi connectivity index (χ1n) is 9.53. The Morgan fingerprint density at radius 3 is 2.96 bits per heavy atom. The van der Waals surface area contributed by atoms with Crippen LogP contribution in [-0.4, -0.2) is 38.6 Å². The Balaban J connectivity index is 1.63. The van der Waals surface area contributed by atoms with Crippen molar-refractivity contribution in [3.05, 3.63) is 47.8 Å². The van der Waals surface area contributed by atoms with Gasteiger partial charge in [-0.1, -0.05) is 19.1 Å². The van der Waals surface area contributed by atoms with Gasteiger partial charge in [0, 0.05) is 42.3 Å². The first-order chi connectivity index (χ1) is 13.2. The van der Waals surface area contributed by atoms with Gasteiger partial charge in [-0.3, -0.25) is 4.79 Å². The van der Waals surface area contributed by atoms with E-state index in [0.29, 0.717) is 6.42 Å². The van der Waals surface area contributed by atoms with Crippen molar-refractivity contribution in [1.29, 1.82) is 0 Å². The van der Waals surface area contributed by atoms with Crippen molar-refractivity contribution in [2.45, 2.75) is 44.7 Å². The number of nitrogens with zero attached hydrogens (tertiary/aromatic N) is 4. The molecule has 2 aliphatic heterocycles.